The van der Waals surface area contributed by atoms with Gasteiger partial charge in [-0.3, -0.25) is 4.90 Å². The van der Waals surface area contributed by atoms with E-state index in [9.17, 15) is 24.6 Å². The lowest BCUT2D eigenvalue weighted by Gasteiger charge is -2.46. The normalized spacial score (nSPS) is 24.0. The average molecular weight is 379 g/mol. The fraction of sp³-hybridized carbons (Fsp3) is 0.381. The van der Waals surface area contributed by atoms with Gasteiger partial charge in [0, 0.05) is 31.0 Å². The number of allylic oxidation sites excluding steroid dienone is 2. The van der Waals surface area contributed by atoms with Gasteiger partial charge in [-0.05, 0) is 37.1 Å². The molecule has 7 heteroatoms. The van der Waals surface area contributed by atoms with E-state index in [-0.39, 0.29) is 17.3 Å². The van der Waals surface area contributed by atoms with Gasteiger partial charge in [-0.15, -0.1) is 0 Å². The predicted octanol–water partition coefficient (Wildman–Crippen LogP) is 3.10. The van der Waals surface area contributed by atoms with Crippen LogP contribution in [0.3, 0.4) is 0 Å². The quantitative estimate of drug-likeness (QED) is 0.796. The summed E-state index contributed by atoms with van der Waals surface area (Å²) in [6, 6.07) is 9.71. The van der Waals surface area contributed by atoms with Crippen molar-refractivity contribution in [3.05, 3.63) is 58.3 Å². The zero-order valence-electron chi connectivity index (χ0n) is 15.6. The number of fused-ring (bicyclic) bond motifs is 1. The van der Waals surface area contributed by atoms with Crippen molar-refractivity contribution in [2.45, 2.75) is 25.8 Å². The van der Waals surface area contributed by atoms with Gasteiger partial charge < -0.3 is 5.73 Å². The number of benzene rings is 1. The number of nitrogens with zero attached hydrogens (tertiary/aromatic N) is 4. The van der Waals surface area contributed by atoms with Crippen molar-refractivity contribution in [2.75, 3.05) is 13.1 Å². The molecular formula is C21H19F2N5. The first-order valence-electron chi connectivity index (χ1n) is 8.93. The first-order chi connectivity index (χ1) is 13.3. The van der Waals surface area contributed by atoms with E-state index in [2.05, 4.69) is 4.90 Å². The van der Waals surface area contributed by atoms with Gasteiger partial charge in [-0.25, -0.2) is 8.78 Å². The number of hydrogen-bond donors (Lipinski definition) is 1. The van der Waals surface area contributed by atoms with Crippen LogP contribution in [0, 0.1) is 57.0 Å². The monoisotopic (exact) mass is 379 g/mol. The lowest BCUT2D eigenvalue weighted by atomic mass is 9.60. The zero-order chi connectivity index (χ0) is 20.6. The molecule has 0 spiro atoms. The largest absolute Gasteiger partial charge is 0.399 e. The van der Waals surface area contributed by atoms with Crippen LogP contribution in [0.4, 0.5) is 8.78 Å². The van der Waals surface area contributed by atoms with Gasteiger partial charge in [0.15, 0.2) is 11.6 Å². The number of nitrogens with two attached hydrogens (primary N) is 1. The Kier molecular flexibility index (Phi) is 4.94. The van der Waals surface area contributed by atoms with Crippen LogP contribution in [0.5, 0.6) is 0 Å². The van der Waals surface area contributed by atoms with E-state index in [1.807, 2.05) is 38.1 Å². The molecule has 1 aromatic carbocycles. The van der Waals surface area contributed by atoms with E-state index in [0.717, 1.165) is 12.1 Å². The Labute approximate surface area is 162 Å². The minimum atomic E-state index is -1.73. The molecule has 142 valence electrons. The molecule has 1 aliphatic carbocycles. The molecule has 0 saturated heterocycles. The minimum absolute atomic E-state index is 0.0573. The molecule has 0 fully saturated rings. The standard InChI is InChI=1S/C21H19F2N5/c1-12(2)28-6-5-16-15(9-28)19(13-3-4-17(22)18(23)7-13)14(8-24)20(27)21(16,10-25)11-26/h3-5,7,12,15,19H,6,9,27H2,1-2H3/t15-,19+/m0/s1. The van der Waals surface area contributed by atoms with Crippen molar-refractivity contribution >= 4 is 0 Å². The fourth-order valence-electron chi connectivity index (χ4n) is 4.17. The van der Waals surface area contributed by atoms with Crippen molar-refractivity contribution < 1.29 is 8.78 Å². The summed E-state index contributed by atoms with van der Waals surface area (Å²) in [5.74, 6) is -3.10. The molecule has 0 saturated carbocycles. The number of rotatable bonds is 2. The second kappa shape index (κ2) is 7.08. The number of hydrogen-bond acceptors (Lipinski definition) is 5. The molecule has 1 heterocycles. The summed E-state index contributed by atoms with van der Waals surface area (Å²) in [4.78, 5) is 2.14. The maximum atomic E-state index is 13.9. The third-order valence-corrected chi connectivity index (χ3v) is 5.71. The van der Waals surface area contributed by atoms with Gasteiger partial charge in [0.25, 0.3) is 0 Å². The van der Waals surface area contributed by atoms with E-state index in [0.29, 0.717) is 24.2 Å². The average Bonchev–Trinajstić information content (AvgIpc) is 2.69. The van der Waals surface area contributed by atoms with Gasteiger partial charge in [-0.2, -0.15) is 15.8 Å². The fourth-order valence-corrected chi connectivity index (χ4v) is 4.17. The Morgan fingerprint density at radius 3 is 2.39 bits per heavy atom. The highest BCUT2D eigenvalue weighted by Crippen LogP contribution is 2.52. The molecule has 0 amide bonds. The molecule has 0 aromatic heterocycles. The van der Waals surface area contributed by atoms with E-state index in [4.69, 9.17) is 5.73 Å². The zero-order valence-corrected chi connectivity index (χ0v) is 15.6. The topological polar surface area (TPSA) is 101 Å². The van der Waals surface area contributed by atoms with Gasteiger partial charge in [0.2, 0.25) is 5.41 Å². The second-order valence-corrected chi connectivity index (χ2v) is 7.38. The summed E-state index contributed by atoms with van der Waals surface area (Å²) in [6.07, 6.45) is 1.81. The Morgan fingerprint density at radius 2 is 1.86 bits per heavy atom. The Bertz CT molecular complexity index is 989. The highest BCUT2D eigenvalue weighted by Gasteiger charge is 2.52. The molecule has 28 heavy (non-hydrogen) atoms. The van der Waals surface area contributed by atoms with Crippen LogP contribution in [0.2, 0.25) is 0 Å². The molecule has 1 aromatic rings. The second-order valence-electron chi connectivity index (χ2n) is 7.38. The highest BCUT2D eigenvalue weighted by molar-refractivity contribution is 5.58. The third kappa shape index (κ3) is 2.74. The van der Waals surface area contributed by atoms with Crippen molar-refractivity contribution in [1.82, 2.24) is 4.90 Å². The van der Waals surface area contributed by atoms with E-state index >= 15 is 0 Å². The summed E-state index contributed by atoms with van der Waals surface area (Å²) < 4.78 is 27.4. The van der Waals surface area contributed by atoms with Crippen molar-refractivity contribution in [1.29, 1.82) is 15.8 Å². The molecule has 1 aliphatic heterocycles. The Morgan fingerprint density at radius 1 is 1.18 bits per heavy atom. The first kappa shape index (κ1) is 19.5. The van der Waals surface area contributed by atoms with Crippen LogP contribution in [0.25, 0.3) is 0 Å². The van der Waals surface area contributed by atoms with Crippen molar-refractivity contribution in [3.8, 4) is 18.2 Å². The molecule has 2 aliphatic rings. The van der Waals surface area contributed by atoms with Gasteiger partial charge >= 0.3 is 0 Å². The maximum Gasteiger partial charge on any atom is 0.204 e. The summed E-state index contributed by atoms with van der Waals surface area (Å²) in [5.41, 5.74) is 5.30. The van der Waals surface area contributed by atoms with Crippen LogP contribution in [-0.4, -0.2) is 24.0 Å². The summed E-state index contributed by atoms with van der Waals surface area (Å²) in [7, 11) is 0. The molecule has 2 atom stereocenters. The van der Waals surface area contributed by atoms with Crippen LogP contribution in [-0.2, 0) is 0 Å². The Hall–Kier alpha value is -3.21. The summed E-state index contributed by atoms with van der Waals surface area (Å²) in [6.45, 7) is 5.04. The van der Waals surface area contributed by atoms with Crippen molar-refractivity contribution in [2.24, 2.45) is 17.1 Å². The van der Waals surface area contributed by atoms with Crippen LogP contribution in [0.15, 0.2) is 41.1 Å². The minimum Gasteiger partial charge on any atom is -0.399 e. The number of halogens is 2. The lowest BCUT2D eigenvalue weighted by Crippen LogP contribution is -2.48. The molecule has 0 unspecified atom stereocenters. The first-order valence-corrected chi connectivity index (χ1v) is 8.93. The van der Waals surface area contributed by atoms with Gasteiger partial charge in [0.1, 0.15) is 0 Å². The van der Waals surface area contributed by atoms with E-state index < -0.39 is 28.9 Å². The predicted molar refractivity (Wildman–Crippen MR) is 97.9 cm³/mol. The SMILES string of the molecule is CC(C)N1CC=C2[C@H](C1)[C@H](c1ccc(F)c(F)c1)C(C#N)=C(N)C2(C#N)C#N. The lowest BCUT2D eigenvalue weighted by molar-refractivity contribution is 0.186. The van der Waals surface area contributed by atoms with Gasteiger partial charge in [0.05, 0.1) is 29.5 Å². The van der Waals surface area contributed by atoms with Crippen molar-refractivity contribution in [3.63, 3.8) is 0 Å². The smallest absolute Gasteiger partial charge is 0.204 e. The molecule has 0 radical (unpaired) electrons. The van der Waals surface area contributed by atoms with Crippen LogP contribution in [0.1, 0.15) is 25.3 Å². The highest BCUT2D eigenvalue weighted by atomic mass is 19.2. The van der Waals surface area contributed by atoms with Gasteiger partial charge in [-0.1, -0.05) is 12.1 Å². The van der Waals surface area contributed by atoms with Crippen LogP contribution >= 0.6 is 0 Å². The summed E-state index contributed by atoms with van der Waals surface area (Å²) in [5, 5.41) is 29.4. The molecule has 2 N–H and O–H groups in total. The third-order valence-electron chi connectivity index (χ3n) is 5.71. The molecule has 5 nitrogen and oxygen atoms in total. The summed E-state index contributed by atoms with van der Waals surface area (Å²) >= 11 is 0. The maximum absolute atomic E-state index is 13.9. The van der Waals surface area contributed by atoms with Crippen LogP contribution < -0.4 is 5.73 Å². The van der Waals surface area contributed by atoms with E-state index in [1.54, 1.807) is 0 Å². The Balaban J connectivity index is 2.29. The molecule has 3 rings (SSSR count). The number of nitriles is 3. The molecule has 0 bridgehead atoms. The van der Waals surface area contributed by atoms with E-state index in [1.165, 1.54) is 6.07 Å². The molecular weight excluding hydrogens is 360 g/mol.